The Morgan fingerprint density at radius 1 is 0.855 bits per heavy atom. The summed E-state index contributed by atoms with van der Waals surface area (Å²) in [5.41, 5.74) is 0.500. The average Bonchev–Trinajstić information content (AvgIpc) is 3.82. The van der Waals surface area contributed by atoms with Crippen molar-refractivity contribution in [3.05, 3.63) is 214 Å². The molecular weight excluding hydrogens is 907 g/mol. The van der Waals surface area contributed by atoms with Gasteiger partial charge in [-0.2, -0.15) is 0 Å². The van der Waals surface area contributed by atoms with E-state index in [0.29, 0.717) is 21.8 Å². The number of thiazole rings is 1. The molecular formula is C55H49N5O7S2. The average molecular weight is 956 g/mol. The highest BCUT2D eigenvalue weighted by Gasteiger charge is 2.69. The molecule has 1 saturated heterocycles. The van der Waals surface area contributed by atoms with E-state index in [2.05, 4.69) is 27.6 Å². The summed E-state index contributed by atoms with van der Waals surface area (Å²) in [6.45, 7) is 6.19. The van der Waals surface area contributed by atoms with Crippen LogP contribution in [0.1, 0.15) is 67.1 Å². The van der Waals surface area contributed by atoms with Gasteiger partial charge >= 0.3 is 11.9 Å². The summed E-state index contributed by atoms with van der Waals surface area (Å²) in [5, 5.41) is 23.0. The number of oxime groups is 1. The second-order valence-corrected chi connectivity index (χ2v) is 19.1. The number of aliphatic carboxylic acids is 1. The first-order valence-corrected chi connectivity index (χ1v) is 24.1. The number of esters is 1. The van der Waals surface area contributed by atoms with Crippen molar-refractivity contribution in [2.45, 2.75) is 55.7 Å². The van der Waals surface area contributed by atoms with Gasteiger partial charge in [-0.1, -0.05) is 163 Å². The molecule has 0 bridgehead atoms. The van der Waals surface area contributed by atoms with E-state index in [1.807, 2.05) is 152 Å². The van der Waals surface area contributed by atoms with Crippen LogP contribution in [0.4, 0.5) is 5.13 Å². The number of carboxylic acids is 1. The molecule has 12 nitrogen and oxygen atoms in total. The van der Waals surface area contributed by atoms with Gasteiger partial charge in [0.25, 0.3) is 11.8 Å². The number of rotatable bonds is 16. The summed E-state index contributed by atoms with van der Waals surface area (Å²) in [6, 6.07) is 48.5. The monoisotopic (exact) mass is 955 g/mol. The van der Waals surface area contributed by atoms with Gasteiger partial charge in [-0.3, -0.25) is 14.5 Å². The Morgan fingerprint density at radius 3 is 1.87 bits per heavy atom. The van der Waals surface area contributed by atoms with Crippen molar-refractivity contribution in [2.75, 3.05) is 17.7 Å². The van der Waals surface area contributed by atoms with E-state index >= 15 is 9.59 Å². The van der Waals surface area contributed by atoms with Crippen LogP contribution < -0.4 is 10.6 Å². The van der Waals surface area contributed by atoms with Crippen LogP contribution in [0.5, 0.6) is 0 Å². The first kappa shape index (κ1) is 47.8. The lowest BCUT2D eigenvalue weighted by molar-refractivity contribution is -0.160. The summed E-state index contributed by atoms with van der Waals surface area (Å²) < 4.78 is 5.47. The minimum atomic E-state index is -1.80. The van der Waals surface area contributed by atoms with E-state index in [1.165, 1.54) is 28.0 Å². The van der Waals surface area contributed by atoms with Crippen LogP contribution in [0.25, 0.3) is 0 Å². The number of benzene rings is 5. The van der Waals surface area contributed by atoms with Gasteiger partial charge in [-0.25, -0.2) is 14.6 Å². The number of nitrogens with zero attached hydrogens (tertiary/aromatic N) is 3. The molecule has 0 saturated carbocycles. The second-order valence-electron chi connectivity index (χ2n) is 17.1. The van der Waals surface area contributed by atoms with Gasteiger partial charge < -0.3 is 25.3 Å². The number of carbonyl (C=O) groups excluding carboxylic acids is 3. The Labute approximate surface area is 409 Å². The van der Waals surface area contributed by atoms with Crippen molar-refractivity contribution in [1.82, 2.24) is 15.2 Å². The minimum Gasteiger partial charge on any atom is -0.477 e. The molecule has 0 unspecified atom stereocenters. The van der Waals surface area contributed by atoms with Crippen LogP contribution in [-0.4, -0.2) is 73.3 Å². The molecule has 2 aliphatic heterocycles. The number of ether oxygens (including phenoxy) is 1. The highest BCUT2D eigenvalue weighted by atomic mass is 32.2. The van der Waals surface area contributed by atoms with Crippen LogP contribution in [0, 0.1) is 11.8 Å². The smallest absolute Gasteiger partial charge is 0.352 e. The molecule has 0 spiro atoms. The van der Waals surface area contributed by atoms with Gasteiger partial charge in [0.15, 0.2) is 16.4 Å². The summed E-state index contributed by atoms with van der Waals surface area (Å²) in [7, 11) is 0. The third kappa shape index (κ3) is 9.83. The van der Waals surface area contributed by atoms with Crippen molar-refractivity contribution in [3.63, 3.8) is 0 Å². The highest BCUT2D eigenvalue weighted by molar-refractivity contribution is 8.00. The van der Waals surface area contributed by atoms with Gasteiger partial charge in [-0.05, 0) is 73.2 Å². The molecule has 5 aromatic carbocycles. The number of carboxylic acid groups (broad SMARTS) is 1. The van der Waals surface area contributed by atoms with Gasteiger partial charge in [-0.15, -0.1) is 29.0 Å². The number of hydrogen-bond donors (Lipinski definition) is 3. The molecule has 1 aromatic heterocycles. The second kappa shape index (κ2) is 20.6. The molecule has 3 N–H and O–H groups in total. The van der Waals surface area contributed by atoms with Gasteiger partial charge in [0.05, 0.1) is 0 Å². The molecule has 2 atom stereocenters. The van der Waals surface area contributed by atoms with Crippen molar-refractivity contribution >= 4 is 57.7 Å². The predicted molar refractivity (Wildman–Crippen MR) is 269 cm³/mol. The normalized spacial score (nSPS) is 17.1. The largest absolute Gasteiger partial charge is 0.477 e. The maximum absolute atomic E-state index is 15.4. The lowest BCUT2D eigenvalue weighted by Gasteiger charge is -2.60. The zero-order valence-corrected chi connectivity index (χ0v) is 39.9. The minimum absolute atomic E-state index is 0.0777. The standard InChI is InChI=1S/C55H49N5O7S2/c1-5-6-12-27-39-35-68-51-55(50(65)60(51)47(39)49(63)64,45(37-23-13-7-14-24-37)38-25-15-8-16-26-38)57-48(62)46(59-66-34-44(61)67-53(2,3)4)43-36-69-52(56-43)58-54(40-28-17-9-18-29-40,41-30-19-10-20-31-41)42-32-21-11-22-33-42/h7-33,36,45,51H,34-35H2,1-4H3,(H,56,58)(H,57,62)(H,63,64)/t51-,55+/m0/s1. The lowest BCUT2D eigenvalue weighted by Crippen LogP contribution is -2.82. The molecule has 3 heterocycles. The number of aromatic nitrogens is 1. The van der Waals surface area contributed by atoms with Gasteiger partial charge in [0.1, 0.15) is 27.9 Å². The zero-order chi connectivity index (χ0) is 48.6. The molecule has 8 rings (SSSR count). The number of allylic oxidation sites excluding steroid dienone is 2. The molecule has 1 fully saturated rings. The Hall–Kier alpha value is -7.73. The Bertz CT molecular complexity index is 2850. The fraction of sp³-hybridized carbons (Fsp3) is 0.200. The molecule has 2 amide bonds. The Kier molecular flexibility index (Phi) is 14.3. The van der Waals surface area contributed by atoms with Crippen molar-refractivity contribution in [1.29, 1.82) is 0 Å². The van der Waals surface area contributed by atoms with Crippen LogP contribution in [0.15, 0.2) is 186 Å². The maximum Gasteiger partial charge on any atom is 0.352 e. The molecule has 0 radical (unpaired) electrons. The predicted octanol–water partition coefficient (Wildman–Crippen LogP) is 9.13. The van der Waals surface area contributed by atoms with E-state index < -0.39 is 58.3 Å². The van der Waals surface area contributed by atoms with Crippen LogP contribution in [-0.2, 0) is 34.3 Å². The number of nitrogens with one attached hydrogen (secondary N) is 2. The van der Waals surface area contributed by atoms with Gasteiger partial charge in [0, 0.05) is 17.1 Å². The number of β-lactam (4-membered cyclic amide) rings is 1. The van der Waals surface area contributed by atoms with Crippen molar-refractivity contribution < 1.29 is 33.9 Å². The molecule has 0 aliphatic carbocycles. The number of anilines is 1. The van der Waals surface area contributed by atoms with E-state index in [4.69, 9.17) is 14.6 Å². The van der Waals surface area contributed by atoms with Crippen LogP contribution in [0.3, 0.4) is 0 Å². The van der Waals surface area contributed by atoms with Crippen LogP contribution in [0.2, 0.25) is 0 Å². The highest BCUT2D eigenvalue weighted by Crippen LogP contribution is 2.54. The SMILES string of the molecule is CC#CC=CC1=C(C(=O)O)N2C(=O)[C@](NC(=O)C(=NOCC(=O)OC(C)(C)C)c3csc(NC(c4ccccc4)(c4ccccc4)c4ccccc4)n3)(C(c3ccccc3)c3ccccc3)[C@@H]2SC1. The first-order valence-electron chi connectivity index (χ1n) is 22.1. The van der Waals surface area contributed by atoms with Crippen molar-refractivity contribution in [3.8, 4) is 11.8 Å². The van der Waals surface area contributed by atoms with Crippen molar-refractivity contribution in [2.24, 2.45) is 5.16 Å². The summed E-state index contributed by atoms with van der Waals surface area (Å²) in [5.74, 6) is 1.43. The number of thioether (sulfide) groups is 1. The maximum atomic E-state index is 15.4. The molecule has 348 valence electrons. The zero-order valence-electron chi connectivity index (χ0n) is 38.3. The van der Waals surface area contributed by atoms with E-state index in [9.17, 15) is 14.7 Å². The van der Waals surface area contributed by atoms with E-state index in [-0.39, 0.29) is 22.9 Å². The number of fused-ring (bicyclic) bond motifs is 1. The number of hydrogen-bond acceptors (Lipinski definition) is 11. The lowest BCUT2D eigenvalue weighted by atomic mass is 9.68. The summed E-state index contributed by atoms with van der Waals surface area (Å²) >= 11 is 2.55. The number of amides is 2. The molecule has 14 heteroatoms. The number of carbonyl (C=O) groups is 4. The van der Waals surface area contributed by atoms with E-state index in [1.54, 1.807) is 45.2 Å². The van der Waals surface area contributed by atoms with E-state index in [0.717, 1.165) is 16.7 Å². The van der Waals surface area contributed by atoms with Gasteiger partial charge in [0.2, 0.25) is 6.61 Å². The Morgan fingerprint density at radius 2 is 1.38 bits per heavy atom. The fourth-order valence-corrected chi connectivity index (χ4v) is 11.0. The molecule has 2 aliphatic rings. The Balaban J connectivity index is 1.26. The van der Waals surface area contributed by atoms with Crippen LogP contribution >= 0.6 is 23.1 Å². The molecule has 6 aromatic rings. The third-order valence-electron chi connectivity index (χ3n) is 11.5. The molecule has 69 heavy (non-hydrogen) atoms. The summed E-state index contributed by atoms with van der Waals surface area (Å²) in [4.78, 5) is 68.7. The quantitative estimate of drug-likeness (QED) is 0.0213. The fourth-order valence-electron chi connectivity index (χ4n) is 8.77. The topological polar surface area (TPSA) is 160 Å². The summed E-state index contributed by atoms with van der Waals surface area (Å²) in [6.07, 6.45) is 3.15. The third-order valence-corrected chi connectivity index (χ3v) is 13.7. The first-order chi connectivity index (χ1) is 33.4.